The number of nitrogens with one attached hydrogen (secondary N) is 1. The number of amides is 1. The second kappa shape index (κ2) is 7.03. The molecule has 6 heteroatoms. The fourth-order valence-corrected chi connectivity index (χ4v) is 2.91. The maximum atomic E-state index is 11.5. The second-order valence-electron chi connectivity index (χ2n) is 5.84. The lowest BCUT2D eigenvalue weighted by molar-refractivity contribution is -0.116. The molecular weight excluding hydrogens is 332 g/mol. The van der Waals surface area contributed by atoms with Crippen molar-refractivity contribution in [2.24, 2.45) is 0 Å². The first-order chi connectivity index (χ1) is 12.0. The number of anilines is 1. The van der Waals surface area contributed by atoms with Gasteiger partial charge in [0, 0.05) is 25.2 Å². The van der Waals surface area contributed by atoms with Gasteiger partial charge in [0.25, 0.3) is 0 Å². The summed E-state index contributed by atoms with van der Waals surface area (Å²) in [7, 11) is 1.75. The van der Waals surface area contributed by atoms with Crippen molar-refractivity contribution in [3.63, 3.8) is 0 Å². The van der Waals surface area contributed by atoms with E-state index >= 15 is 0 Å². The van der Waals surface area contributed by atoms with E-state index < -0.39 is 0 Å². The molecule has 5 nitrogen and oxygen atoms in total. The van der Waals surface area contributed by atoms with E-state index in [1.54, 1.807) is 18.9 Å². The average Bonchev–Trinajstić information content (AvgIpc) is 3.02. The highest BCUT2D eigenvalue weighted by Gasteiger charge is 2.12. The molecule has 0 radical (unpaired) electrons. The van der Waals surface area contributed by atoms with Gasteiger partial charge >= 0.3 is 0 Å². The predicted molar refractivity (Wildman–Crippen MR) is 103 cm³/mol. The lowest BCUT2D eigenvalue weighted by Crippen LogP contribution is -2.22. The third kappa shape index (κ3) is 3.39. The smallest absolute Gasteiger partial charge is 0.223 e. The Bertz CT molecular complexity index is 956. The minimum absolute atomic E-state index is 0.00950. The molecule has 0 fully saturated rings. The van der Waals surface area contributed by atoms with Gasteiger partial charge in [0.05, 0.1) is 5.69 Å². The number of aromatic nitrogens is 3. The molecular formula is C19H20N4OS. The van der Waals surface area contributed by atoms with Crippen molar-refractivity contribution >= 4 is 23.8 Å². The number of rotatable bonds is 4. The quantitative estimate of drug-likeness (QED) is 0.718. The van der Waals surface area contributed by atoms with E-state index in [0.717, 1.165) is 29.2 Å². The lowest BCUT2D eigenvalue weighted by atomic mass is 10.1. The standard InChI is InChI=1S/C19H20N4OS/c1-4-14-6-5-7-15(12-14)18-20-21-19(25)23(18)17-10-8-16(9-11-17)22(3)13(2)24/h5-12H,4H2,1-3H3,(H,21,25). The van der Waals surface area contributed by atoms with Gasteiger partial charge in [-0.05, 0) is 54.5 Å². The molecule has 3 rings (SSSR count). The van der Waals surface area contributed by atoms with Crippen LogP contribution in [0.5, 0.6) is 0 Å². The molecule has 0 atom stereocenters. The van der Waals surface area contributed by atoms with Crippen LogP contribution in [0, 0.1) is 4.77 Å². The van der Waals surface area contributed by atoms with Gasteiger partial charge in [-0.25, -0.2) is 0 Å². The number of carbonyl (C=O) groups excluding carboxylic acids is 1. The molecule has 0 aliphatic rings. The molecule has 0 aliphatic carbocycles. The summed E-state index contributed by atoms with van der Waals surface area (Å²) in [5.74, 6) is 0.762. The van der Waals surface area contributed by atoms with Crippen molar-refractivity contribution in [3.05, 3.63) is 58.9 Å². The summed E-state index contributed by atoms with van der Waals surface area (Å²) in [5.41, 5.74) is 3.99. The molecule has 2 aromatic carbocycles. The van der Waals surface area contributed by atoms with Crippen LogP contribution < -0.4 is 4.90 Å². The molecule has 0 aliphatic heterocycles. The van der Waals surface area contributed by atoms with Crippen molar-refractivity contribution in [3.8, 4) is 17.1 Å². The van der Waals surface area contributed by atoms with Gasteiger partial charge in [0.2, 0.25) is 5.91 Å². The normalized spacial score (nSPS) is 10.7. The Morgan fingerprint density at radius 1 is 1.24 bits per heavy atom. The molecule has 0 saturated heterocycles. The van der Waals surface area contributed by atoms with Gasteiger partial charge < -0.3 is 4.90 Å². The Morgan fingerprint density at radius 2 is 1.96 bits per heavy atom. The van der Waals surface area contributed by atoms with E-state index in [1.165, 1.54) is 5.56 Å². The summed E-state index contributed by atoms with van der Waals surface area (Å²) >= 11 is 5.42. The van der Waals surface area contributed by atoms with Crippen LogP contribution in [0.1, 0.15) is 19.4 Å². The second-order valence-corrected chi connectivity index (χ2v) is 6.22. The molecule has 0 spiro atoms. The van der Waals surface area contributed by atoms with Crippen molar-refractivity contribution in [2.75, 3.05) is 11.9 Å². The number of H-pyrrole nitrogens is 1. The van der Waals surface area contributed by atoms with E-state index in [0.29, 0.717) is 4.77 Å². The van der Waals surface area contributed by atoms with Crippen molar-refractivity contribution in [2.45, 2.75) is 20.3 Å². The first-order valence-electron chi connectivity index (χ1n) is 8.12. The number of carbonyl (C=O) groups is 1. The molecule has 3 aromatic rings. The SMILES string of the molecule is CCc1cccc(-c2n[nH]c(=S)n2-c2ccc(N(C)C(C)=O)cc2)c1. The summed E-state index contributed by atoms with van der Waals surface area (Å²) in [5, 5.41) is 7.28. The first-order valence-corrected chi connectivity index (χ1v) is 8.53. The van der Waals surface area contributed by atoms with E-state index in [4.69, 9.17) is 12.2 Å². The van der Waals surface area contributed by atoms with Crippen LogP contribution in [0.2, 0.25) is 0 Å². The molecule has 1 amide bonds. The van der Waals surface area contributed by atoms with Gasteiger partial charge in [-0.1, -0.05) is 25.1 Å². The van der Waals surface area contributed by atoms with Crippen molar-refractivity contribution in [1.29, 1.82) is 0 Å². The zero-order valence-corrected chi connectivity index (χ0v) is 15.3. The highest BCUT2D eigenvalue weighted by atomic mass is 32.1. The Kier molecular flexibility index (Phi) is 4.81. The summed E-state index contributed by atoms with van der Waals surface area (Å²) < 4.78 is 2.44. The number of benzene rings is 2. The van der Waals surface area contributed by atoms with E-state index in [9.17, 15) is 4.79 Å². The van der Waals surface area contributed by atoms with E-state index in [1.807, 2.05) is 41.0 Å². The highest BCUT2D eigenvalue weighted by Crippen LogP contribution is 2.24. The topological polar surface area (TPSA) is 53.9 Å². The number of aromatic amines is 1. The number of hydrogen-bond acceptors (Lipinski definition) is 3. The van der Waals surface area contributed by atoms with Crippen LogP contribution in [0.3, 0.4) is 0 Å². The van der Waals surface area contributed by atoms with Crippen LogP contribution in [0.15, 0.2) is 48.5 Å². The first kappa shape index (κ1) is 17.1. The minimum atomic E-state index is -0.00950. The fraction of sp³-hybridized carbons (Fsp3) is 0.211. The molecule has 0 saturated carbocycles. The largest absolute Gasteiger partial charge is 0.316 e. The van der Waals surface area contributed by atoms with Crippen LogP contribution in [0.4, 0.5) is 5.69 Å². The summed E-state index contributed by atoms with van der Waals surface area (Å²) in [6, 6.07) is 16.0. The van der Waals surface area contributed by atoms with E-state index in [-0.39, 0.29) is 5.91 Å². The summed E-state index contributed by atoms with van der Waals surface area (Å²) in [6.45, 7) is 3.67. The summed E-state index contributed by atoms with van der Waals surface area (Å²) in [6.07, 6.45) is 0.963. The molecule has 128 valence electrons. The fourth-order valence-electron chi connectivity index (χ4n) is 2.67. The van der Waals surface area contributed by atoms with Crippen LogP contribution in [-0.2, 0) is 11.2 Å². The maximum Gasteiger partial charge on any atom is 0.223 e. The van der Waals surface area contributed by atoms with Gasteiger partial charge in [0.1, 0.15) is 0 Å². The van der Waals surface area contributed by atoms with Crippen LogP contribution >= 0.6 is 12.2 Å². The minimum Gasteiger partial charge on any atom is -0.316 e. The molecule has 0 bridgehead atoms. The Balaban J connectivity index is 2.05. The third-order valence-corrected chi connectivity index (χ3v) is 4.51. The molecule has 25 heavy (non-hydrogen) atoms. The van der Waals surface area contributed by atoms with Crippen LogP contribution in [-0.4, -0.2) is 27.7 Å². The van der Waals surface area contributed by atoms with Gasteiger partial charge in [-0.2, -0.15) is 5.10 Å². The number of aryl methyl sites for hydroxylation is 1. The monoisotopic (exact) mass is 352 g/mol. The van der Waals surface area contributed by atoms with Crippen LogP contribution in [0.25, 0.3) is 17.1 Å². The highest BCUT2D eigenvalue weighted by molar-refractivity contribution is 7.71. The number of nitrogens with zero attached hydrogens (tertiary/aromatic N) is 3. The van der Waals surface area contributed by atoms with Gasteiger partial charge in [0.15, 0.2) is 10.6 Å². The maximum absolute atomic E-state index is 11.5. The van der Waals surface area contributed by atoms with Crippen molar-refractivity contribution in [1.82, 2.24) is 14.8 Å². The summed E-state index contributed by atoms with van der Waals surface area (Å²) in [4.78, 5) is 13.1. The Morgan fingerprint density at radius 3 is 2.60 bits per heavy atom. The van der Waals surface area contributed by atoms with Gasteiger partial charge in [-0.15, -0.1) is 0 Å². The molecule has 1 N–H and O–H groups in total. The van der Waals surface area contributed by atoms with E-state index in [2.05, 4.69) is 29.3 Å². The predicted octanol–water partition coefficient (Wildman–Crippen LogP) is 4.14. The molecule has 1 heterocycles. The zero-order chi connectivity index (χ0) is 18.0. The number of hydrogen-bond donors (Lipinski definition) is 1. The van der Waals surface area contributed by atoms with Crippen molar-refractivity contribution < 1.29 is 4.79 Å². The van der Waals surface area contributed by atoms with Gasteiger partial charge in [-0.3, -0.25) is 14.5 Å². The lowest BCUT2D eigenvalue weighted by Gasteiger charge is -2.15. The molecule has 0 unspecified atom stereocenters. The zero-order valence-electron chi connectivity index (χ0n) is 14.5. The third-order valence-electron chi connectivity index (χ3n) is 4.23. The Labute approximate surface area is 151 Å². The average molecular weight is 352 g/mol. The Hall–Kier alpha value is -2.73. The molecule has 1 aromatic heterocycles.